The van der Waals surface area contributed by atoms with Gasteiger partial charge >= 0.3 is 0 Å². The van der Waals surface area contributed by atoms with E-state index in [0.717, 1.165) is 35.5 Å². The van der Waals surface area contributed by atoms with Gasteiger partial charge < -0.3 is 0 Å². The lowest BCUT2D eigenvalue weighted by Crippen LogP contribution is -3.12. The molecule has 0 unspecified atom stereocenters. The van der Waals surface area contributed by atoms with Gasteiger partial charge in [-0.1, -0.05) is 103 Å². The molecule has 5 aromatic carbocycles. The van der Waals surface area contributed by atoms with Gasteiger partial charge in [-0.2, -0.15) is 0 Å². The van der Waals surface area contributed by atoms with E-state index in [-0.39, 0.29) is 0 Å². The van der Waals surface area contributed by atoms with Crippen molar-refractivity contribution in [3.63, 3.8) is 0 Å². The van der Waals surface area contributed by atoms with Crippen LogP contribution < -0.4 is 0 Å². The van der Waals surface area contributed by atoms with Crippen molar-refractivity contribution in [3.05, 3.63) is 120 Å². The maximum atomic E-state index is 2.58. The summed E-state index contributed by atoms with van der Waals surface area (Å²) in [5.74, 6) is 5.64. The van der Waals surface area contributed by atoms with Crippen molar-refractivity contribution in [1.29, 1.82) is 0 Å². The average Bonchev–Trinajstić information content (AvgIpc) is 2.93. The maximum Gasteiger partial charge on any atom is 0.00624 e. The maximum absolute atomic E-state index is 2.58. The molecule has 0 heterocycles. The van der Waals surface area contributed by atoms with Crippen molar-refractivity contribution < 1.29 is 0 Å². The first kappa shape index (κ1) is 17.1. The van der Waals surface area contributed by atoms with E-state index in [4.69, 9.17) is 0 Å². The summed E-state index contributed by atoms with van der Waals surface area (Å²) >= 11 is 0. The second-order valence-electron chi connectivity index (χ2n) is 11.7. The van der Waals surface area contributed by atoms with Gasteiger partial charge in [-0.3, -0.25) is 0 Å². The van der Waals surface area contributed by atoms with Crippen molar-refractivity contribution in [2.24, 2.45) is 35.5 Å². The Morgan fingerprint density at radius 2 is 0.941 bits per heavy atom. The zero-order chi connectivity index (χ0) is 21.8. The quantitative estimate of drug-likeness (QED) is 0.258. The SMILES string of the molecule is c1ccc(-c2ccc(C34C5C6C3C3C4C5C63c3cc4ccccc4c4ccccc34)cc2)cc1. The summed E-state index contributed by atoms with van der Waals surface area (Å²) in [6.07, 6.45) is 0. The summed E-state index contributed by atoms with van der Waals surface area (Å²) in [6, 6.07) is 41.3. The largest absolute Gasteiger partial charge is 0.0622 e. The van der Waals surface area contributed by atoms with Crippen LogP contribution in [-0.4, -0.2) is 0 Å². The highest BCUT2D eigenvalue weighted by atomic mass is 15.1. The molecule has 0 aliphatic heterocycles. The molecule has 0 radical (unpaired) electrons. The van der Waals surface area contributed by atoms with Crippen LogP contribution in [0.2, 0.25) is 0 Å². The Balaban J connectivity index is 1.06. The minimum absolute atomic E-state index is 0.509. The number of rotatable bonds is 3. The predicted octanol–water partition coefficient (Wildman–Crippen LogP) is 7.60. The first-order valence-electron chi connectivity index (χ1n) is 12.9. The Morgan fingerprint density at radius 3 is 1.65 bits per heavy atom. The van der Waals surface area contributed by atoms with Crippen LogP contribution in [0.3, 0.4) is 0 Å². The van der Waals surface area contributed by atoms with Crippen molar-refractivity contribution in [1.82, 2.24) is 0 Å². The molecule has 0 bridgehead atoms. The molecule has 34 heavy (non-hydrogen) atoms. The highest BCUT2D eigenvalue weighted by molar-refractivity contribution is 6.09. The van der Waals surface area contributed by atoms with Crippen molar-refractivity contribution in [2.75, 3.05) is 0 Å². The summed E-state index contributed by atoms with van der Waals surface area (Å²) in [4.78, 5) is 0. The average molecular weight is 433 g/mol. The van der Waals surface area contributed by atoms with E-state index in [2.05, 4.69) is 109 Å². The summed E-state index contributed by atoms with van der Waals surface area (Å²) in [5.41, 5.74) is 7.07. The van der Waals surface area contributed by atoms with E-state index in [9.17, 15) is 0 Å². The molecule has 5 aromatic rings. The molecule has 0 heteroatoms. The monoisotopic (exact) mass is 432 g/mol. The molecule has 6 saturated carbocycles. The van der Waals surface area contributed by atoms with Crippen LogP contribution in [-0.2, 0) is 10.8 Å². The molecular weight excluding hydrogens is 408 g/mol. The molecule has 0 aromatic heterocycles. The molecule has 11 rings (SSSR count). The third-order valence-electron chi connectivity index (χ3n) is 11.4. The molecule has 6 aliphatic carbocycles. The zero-order valence-electron chi connectivity index (χ0n) is 18.9. The van der Waals surface area contributed by atoms with Gasteiger partial charge in [-0.05, 0) is 85.4 Å². The number of benzene rings is 5. The van der Waals surface area contributed by atoms with Gasteiger partial charge in [0.2, 0.25) is 0 Å². The number of hydrogen-bond donors (Lipinski definition) is 0. The standard InChI is InChI=1S/C34H24/c1-2-8-19(9-3-1)20-14-16-22(17-15-20)33-27-30-28(33)32-29(33)31(27)34(30,32)26-18-21-10-4-5-11-23(21)24-12-6-7-13-25(24)26/h1-18,27-32H. The lowest BCUT2D eigenvalue weighted by atomic mass is 8.91. The van der Waals surface area contributed by atoms with E-state index < -0.39 is 0 Å². The molecule has 0 N–H and O–H groups in total. The summed E-state index contributed by atoms with van der Waals surface area (Å²) in [7, 11) is 0. The van der Waals surface area contributed by atoms with Crippen LogP contribution in [0.1, 0.15) is 11.1 Å². The number of fused-ring (bicyclic) bond motifs is 3. The first-order valence-corrected chi connectivity index (χ1v) is 12.9. The molecular formula is C34H24. The van der Waals surface area contributed by atoms with Crippen LogP contribution in [0.15, 0.2) is 109 Å². The Bertz CT molecular complexity index is 1640. The fraction of sp³-hybridized carbons (Fsp3) is 0.235. The Kier molecular flexibility index (Phi) is 2.59. The van der Waals surface area contributed by atoms with Gasteiger partial charge in [0.25, 0.3) is 0 Å². The van der Waals surface area contributed by atoms with Crippen molar-refractivity contribution >= 4 is 21.5 Å². The number of hydrogen-bond acceptors (Lipinski definition) is 0. The smallest absolute Gasteiger partial charge is 0.00624 e. The van der Waals surface area contributed by atoms with E-state index in [0.29, 0.717) is 10.8 Å². The molecule has 0 spiro atoms. The predicted molar refractivity (Wildman–Crippen MR) is 138 cm³/mol. The van der Waals surface area contributed by atoms with Gasteiger partial charge in [0.15, 0.2) is 0 Å². The van der Waals surface area contributed by atoms with Gasteiger partial charge in [-0.25, -0.2) is 0 Å². The van der Waals surface area contributed by atoms with E-state index in [1.165, 1.54) is 32.7 Å². The minimum atomic E-state index is 0.509. The van der Waals surface area contributed by atoms with Crippen LogP contribution in [0.25, 0.3) is 32.7 Å². The molecule has 6 fully saturated rings. The van der Waals surface area contributed by atoms with Crippen LogP contribution in [0.5, 0.6) is 0 Å². The minimum Gasteiger partial charge on any atom is -0.0622 e. The van der Waals surface area contributed by atoms with E-state index in [1.54, 1.807) is 11.1 Å². The summed E-state index contributed by atoms with van der Waals surface area (Å²) in [6.45, 7) is 0. The third-order valence-corrected chi connectivity index (χ3v) is 11.4. The first-order chi connectivity index (χ1) is 16.9. The third kappa shape index (κ3) is 1.41. The van der Waals surface area contributed by atoms with Crippen LogP contribution >= 0.6 is 0 Å². The Labute approximate surface area is 199 Å². The van der Waals surface area contributed by atoms with Gasteiger partial charge in [-0.15, -0.1) is 0 Å². The van der Waals surface area contributed by atoms with Crippen molar-refractivity contribution in [3.8, 4) is 11.1 Å². The van der Waals surface area contributed by atoms with E-state index in [1.807, 2.05) is 0 Å². The second-order valence-corrected chi connectivity index (χ2v) is 11.7. The summed E-state index contributed by atoms with van der Waals surface area (Å²) in [5, 5.41) is 5.82. The van der Waals surface area contributed by atoms with E-state index >= 15 is 0 Å². The topological polar surface area (TPSA) is 0 Å². The highest BCUT2D eigenvalue weighted by Gasteiger charge is 3.09. The Morgan fingerprint density at radius 1 is 0.412 bits per heavy atom. The molecule has 0 amide bonds. The van der Waals surface area contributed by atoms with Crippen molar-refractivity contribution in [2.45, 2.75) is 10.8 Å². The van der Waals surface area contributed by atoms with Gasteiger partial charge in [0.05, 0.1) is 0 Å². The molecule has 6 aliphatic rings. The molecule has 0 atom stereocenters. The summed E-state index contributed by atoms with van der Waals surface area (Å²) < 4.78 is 0. The fourth-order valence-corrected chi connectivity index (χ4v) is 10.6. The van der Waals surface area contributed by atoms with Gasteiger partial charge in [0, 0.05) is 10.8 Å². The molecule has 0 nitrogen and oxygen atoms in total. The van der Waals surface area contributed by atoms with Gasteiger partial charge in [0.1, 0.15) is 0 Å². The van der Waals surface area contributed by atoms with Crippen LogP contribution in [0.4, 0.5) is 0 Å². The highest BCUT2D eigenvalue weighted by Crippen LogP contribution is 3.09. The molecule has 160 valence electrons. The Hall–Kier alpha value is -3.38. The zero-order valence-corrected chi connectivity index (χ0v) is 18.9. The molecule has 0 saturated heterocycles. The van der Waals surface area contributed by atoms with Crippen LogP contribution in [0, 0.1) is 35.5 Å². The fourth-order valence-electron chi connectivity index (χ4n) is 10.6. The lowest BCUT2D eigenvalue weighted by molar-refractivity contribution is -0.596. The normalized spacial score (nSPS) is 38.8. The second kappa shape index (κ2) is 5.15. The lowest BCUT2D eigenvalue weighted by Gasteiger charge is -3.12.